The molecule has 0 bridgehead atoms. The molecule has 0 radical (unpaired) electrons. The molecule has 1 aromatic carbocycles. The van der Waals surface area contributed by atoms with Crippen LogP contribution in [0.25, 0.3) is 5.78 Å². The zero-order valence-electron chi connectivity index (χ0n) is 15.7. The minimum Gasteiger partial charge on any atom is -0.286 e. The summed E-state index contributed by atoms with van der Waals surface area (Å²) in [5.74, 6) is 0.564. The third kappa shape index (κ3) is 3.66. The number of hydrogen-bond acceptors (Lipinski definition) is 5. The van der Waals surface area contributed by atoms with Crippen molar-refractivity contribution >= 4 is 17.4 Å². The van der Waals surface area contributed by atoms with Gasteiger partial charge in [-0.15, -0.1) is 0 Å². The summed E-state index contributed by atoms with van der Waals surface area (Å²) in [4.78, 5) is 21.0. The van der Waals surface area contributed by atoms with E-state index >= 15 is 0 Å². The molecule has 3 aromatic rings. The summed E-state index contributed by atoms with van der Waals surface area (Å²) < 4.78 is 1.71. The van der Waals surface area contributed by atoms with Gasteiger partial charge in [0.2, 0.25) is 5.91 Å². The van der Waals surface area contributed by atoms with Crippen LogP contribution in [-0.4, -0.2) is 32.0 Å². The number of hydrogen-bond donors (Lipinski definition) is 1. The lowest BCUT2D eigenvalue weighted by atomic mass is 10.1. The summed E-state index contributed by atoms with van der Waals surface area (Å²) in [6, 6.07) is 8.09. The average Bonchev–Trinajstić information content (AvgIpc) is 3.09. The number of anilines is 1. The second-order valence-corrected chi connectivity index (χ2v) is 6.35. The number of carbonyl (C=O) groups is 1. The number of amides is 1. The molecule has 2 heterocycles. The average molecular weight is 352 g/mol. The predicted molar refractivity (Wildman–Crippen MR) is 101 cm³/mol. The zero-order chi connectivity index (χ0) is 18.7. The van der Waals surface area contributed by atoms with Crippen molar-refractivity contribution in [1.82, 2.24) is 25.0 Å². The Hall–Kier alpha value is -2.96. The summed E-state index contributed by atoms with van der Waals surface area (Å²) in [7, 11) is 0. The molecule has 3 rings (SSSR count). The second kappa shape index (κ2) is 7.51. The Morgan fingerprint density at radius 2 is 1.92 bits per heavy atom. The molecular formula is C19H24N6O. The van der Waals surface area contributed by atoms with Crippen LogP contribution in [0.1, 0.15) is 35.9 Å². The molecular weight excluding hydrogens is 328 g/mol. The summed E-state index contributed by atoms with van der Waals surface area (Å²) >= 11 is 0. The number of benzene rings is 1. The number of fused-ring (bicyclic) bond motifs is 1. The Morgan fingerprint density at radius 1 is 1.19 bits per heavy atom. The van der Waals surface area contributed by atoms with E-state index in [1.165, 1.54) is 11.9 Å². The molecule has 0 aliphatic heterocycles. The third-order valence-electron chi connectivity index (χ3n) is 4.51. The quantitative estimate of drug-likeness (QED) is 0.690. The summed E-state index contributed by atoms with van der Waals surface area (Å²) in [5, 5.41) is 6.05. The van der Waals surface area contributed by atoms with Crippen molar-refractivity contribution in [2.75, 3.05) is 11.6 Å². The summed E-state index contributed by atoms with van der Waals surface area (Å²) in [6.45, 7) is 8.67. The molecule has 1 amide bonds. The van der Waals surface area contributed by atoms with Crippen LogP contribution in [0.15, 0.2) is 30.6 Å². The molecule has 0 aliphatic rings. The van der Waals surface area contributed by atoms with Crippen molar-refractivity contribution in [3.8, 4) is 0 Å². The second-order valence-electron chi connectivity index (χ2n) is 6.35. The van der Waals surface area contributed by atoms with E-state index in [0.29, 0.717) is 25.2 Å². The lowest BCUT2D eigenvalue weighted by Gasteiger charge is -2.24. The monoisotopic (exact) mass is 352 g/mol. The molecule has 2 aromatic heterocycles. The van der Waals surface area contributed by atoms with Gasteiger partial charge in [0, 0.05) is 24.4 Å². The van der Waals surface area contributed by atoms with Crippen LogP contribution in [-0.2, 0) is 11.2 Å². The molecule has 0 aliphatic carbocycles. The Bertz CT molecular complexity index is 916. The molecule has 0 saturated carbocycles. The first-order chi connectivity index (χ1) is 12.5. The Morgan fingerprint density at radius 3 is 2.62 bits per heavy atom. The van der Waals surface area contributed by atoms with Crippen molar-refractivity contribution in [3.05, 3.63) is 53.1 Å². The van der Waals surface area contributed by atoms with Crippen molar-refractivity contribution in [2.24, 2.45) is 0 Å². The third-order valence-corrected chi connectivity index (χ3v) is 4.51. The number of nitrogens with one attached hydrogen (secondary N) is 1. The Kier molecular flexibility index (Phi) is 5.16. The highest BCUT2D eigenvalue weighted by Gasteiger charge is 2.14. The molecule has 0 spiro atoms. The maximum atomic E-state index is 12.5. The van der Waals surface area contributed by atoms with E-state index in [1.807, 2.05) is 57.0 Å². The lowest BCUT2D eigenvalue weighted by Crippen LogP contribution is -2.42. The minimum atomic E-state index is -0.0232. The van der Waals surface area contributed by atoms with Crippen molar-refractivity contribution in [2.45, 2.75) is 40.5 Å². The van der Waals surface area contributed by atoms with E-state index in [-0.39, 0.29) is 5.91 Å². The topological polar surface area (TPSA) is 75.4 Å². The Balaban J connectivity index is 1.67. The molecule has 1 N–H and O–H groups in total. The van der Waals surface area contributed by atoms with Crippen molar-refractivity contribution in [1.29, 1.82) is 0 Å². The predicted octanol–water partition coefficient (Wildman–Crippen LogP) is 2.54. The number of aryl methyl sites for hydroxylation is 3. The fourth-order valence-corrected chi connectivity index (χ4v) is 3.01. The van der Waals surface area contributed by atoms with Gasteiger partial charge in [0.05, 0.1) is 5.69 Å². The normalized spacial score (nSPS) is 10.9. The van der Waals surface area contributed by atoms with Gasteiger partial charge in [0.1, 0.15) is 6.33 Å². The van der Waals surface area contributed by atoms with Gasteiger partial charge in [0.25, 0.3) is 5.78 Å². The first kappa shape index (κ1) is 17.8. The van der Waals surface area contributed by atoms with E-state index in [4.69, 9.17) is 0 Å². The van der Waals surface area contributed by atoms with Gasteiger partial charge in [0.15, 0.2) is 0 Å². The molecule has 0 saturated heterocycles. The van der Waals surface area contributed by atoms with Crippen LogP contribution in [0.2, 0.25) is 0 Å². The lowest BCUT2D eigenvalue weighted by molar-refractivity contribution is -0.121. The summed E-state index contributed by atoms with van der Waals surface area (Å²) in [6.07, 6.45) is 2.48. The van der Waals surface area contributed by atoms with Crippen LogP contribution in [0.5, 0.6) is 0 Å². The van der Waals surface area contributed by atoms with E-state index in [0.717, 1.165) is 22.6 Å². The first-order valence-electron chi connectivity index (χ1n) is 8.79. The molecule has 26 heavy (non-hydrogen) atoms. The van der Waals surface area contributed by atoms with Crippen LogP contribution in [0.4, 0.5) is 5.69 Å². The van der Waals surface area contributed by atoms with Crippen LogP contribution < -0.4 is 10.4 Å². The molecule has 0 fully saturated rings. The number of aromatic nitrogens is 4. The largest absolute Gasteiger partial charge is 0.286 e. The van der Waals surface area contributed by atoms with Gasteiger partial charge in [-0.1, -0.05) is 17.7 Å². The highest BCUT2D eigenvalue weighted by molar-refractivity contribution is 5.78. The van der Waals surface area contributed by atoms with E-state index < -0.39 is 0 Å². The van der Waals surface area contributed by atoms with Gasteiger partial charge >= 0.3 is 0 Å². The zero-order valence-corrected chi connectivity index (χ0v) is 15.7. The van der Waals surface area contributed by atoms with Gasteiger partial charge in [-0.25, -0.2) is 9.50 Å². The SMILES string of the molecule is CCN(NC(=O)CCc1c(C)nc2ncnn2c1C)c1ccc(C)cc1. The minimum absolute atomic E-state index is 0.0232. The number of rotatable bonds is 6. The fourth-order valence-electron chi connectivity index (χ4n) is 3.01. The molecule has 136 valence electrons. The van der Waals surface area contributed by atoms with Crippen molar-refractivity contribution < 1.29 is 4.79 Å². The van der Waals surface area contributed by atoms with Crippen LogP contribution in [0.3, 0.4) is 0 Å². The standard InChI is InChI=1S/C19H24N6O/c1-5-24(16-8-6-13(2)7-9-16)23-18(26)11-10-17-14(3)22-19-20-12-21-25(19)15(17)4/h6-9,12H,5,10-11H2,1-4H3,(H,23,26). The molecule has 0 unspecified atom stereocenters. The molecule has 7 heteroatoms. The highest BCUT2D eigenvalue weighted by Crippen LogP contribution is 2.16. The fraction of sp³-hybridized carbons (Fsp3) is 0.368. The molecule has 7 nitrogen and oxygen atoms in total. The van der Waals surface area contributed by atoms with E-state index in [9.17, 15) is 4.79 Å². The first-order valence-corrected chi connectivity index (χ1v) is 8.79. The van der Waals surface area contributed by atoms with Gasteiger partial charge in [-0.05, 0) is 51.8 Å². The van der Waals surface area contributed by atoms with Crippen LogP contribution in [0, 0.1) is 20.8 Å². The maximum Gasteiger partial charge on any atom is 0.252 e. The van der Waals surface area contributed by atoms with Crippen molar-refractivity contribution in [3.63, 3.8) is 0 Å². The summed E-state index contributed by atoms with van der Waals surface area (Å²) in [5.41, 5.74) is 8.06. The van der Waals surface area contributed by atoms with E-state index in [1.54, 1.807) is 4.52 Å². The molecule has 0 atom stereocenters. The van der Waals surface area contributed by atoms with E-state index in [2.05, 4.69) is 20.5 Å². The number of carbonyl (C=O) groups excluding carboxylic acids is 1. The van der Waals surface area contributed by atoms with Gasteiger partial charge in [-0.3, -0.25) is 15.2 Å². The van der Waals surface area contributed by atoms with Gasteiger partial charge in [-0.2, -0.15) is 10.1 Å². The van der Waals surface area contributed by atoms with Gasteiger partial charge < -0.3 is 0 Å². The Labute approximate surface area is 153 Å². The number of nitrogens with zero attached hydrogens (tertiary/aromatic N) is 5. The maximum absolute atomic E-state index is 12.5. The highest BCUT2D eigenvalue weighted by atomic mass is 16.2. The van der Waals surface area contributed by atoms with Crippen LogP contribution >= 0.6 is 0 Å². The number of hydrazine groups is 1. The smallest absolute Gasteiger partial charge is 0.252 e.